The van der Waals surface area contributed by atoms with Crippen LogP contribution in [0.3, 0.4) is 0 Å². The topological polar surface area (TPSA) is 57.0 Å². The van der Waals surface area contributed by atoms with Crippen LogP contribution in [0.25, 0.3) is 0 Å². The fourth-order valence-corrected chi connectivity index (χ4v) is 2.52. The summed E-state index contributed by atoms with van der Waals surface area (Å²) in [7, 11) is 3.27. The lowest BCUT2D eigenvalue weighted by Gasteiger charge is -2.32. The summed E-state index contributed by atoms with van der Waals surface area (Å²) < 4.78 is 16.1. The molecule has 2 atom stereocenters. The molecule has 1 aromatic rings. The zero-order chi connectivity index (χ0) is 14.5. The highest BCUT2D eigenvalue weighted by Gasteiger charge is 2.20. The Labute approximate surface area is 120 Å². The van der Waals surface area contributed by atoms with E-state index in [4.69, 9.17) is 19.9 Å². The van der Waals surface area contributed by atoms with Crippen LogP contribution in [0, 0.1) is 0 Å². The average molecular weight is 280 g/mol. The van der Waals surface area contributed by atoms with Crippen LogP contribution in [-0.2, 0) is 4.74 Å². The van der Waals surface area contributed by atoms with E-state index in [0.717, 1.165) is 43.3 Å². The molecule has 2 rings (SSSR count). The Kier molecular flexibility index (Phi) is 5.23. The lowest BCUT2D eigenvalue weighted by molar-refractivity contribution is -0.0199. The third-order valence-corrected chi connectivity index (χ3v) is 3.62. The fourth-order valence-electron chi connectivity index (χ4n) is 2.52. The minimum atomic E-state index is -0.0416. The van der Waals surface area contributed by atoms with Gasteiger partial charge in [0, 0.05) is 25.7 Å². The highest BCUT2D eigenvalue weighted by Crippen LogP contribution is 2.29. The minimum absolute atomic E-state index is 0.0416. The molecule has 0 radical (unpaired) electrons. The van der Waals surface area contributed by atoms with E-state index in [1.54, 1.807) is 14.2 Å². The van der Waals surface area contributed by atoms with Crippen LogP contribution in [0.1, 0.15) is 18.5 Å². The van der Waals surface area contributed by atoms with Crippen molar-refractivity contribution >= 4 is 0 Å². The van der Waals surface area contributed by atoms with Gasteiger partial charge in [-0.1, -0.05) is 6.07 Å². The molecule has 0 bridgehead atoms. The van der Waals surface area contributed by atoms with Crippen LogP contribution in [-0.4, -0.2) is 51.5 Å². The van der Waals surface area contributed by atoms with E-state index >= 15 is 0 Å². The molecule has 2 N–H and O–H groups in total. The van der Waals surface area contributed by atoms with Gasteiger partial charge in [-0.2, -0.15) is 0 Å². The van der Waals surface area contributed by atoms with Crippen LogP contribution in [0.2, 0.25) is 0 Å². The van der Waals surface area contributed by atoms with Gasteiger partial charge in [0.15, 0.2) is 11.5 Å². The standard InChI is InChI=1S/C15H24N2O3/c1-11-9-17(6-7-20-11)10-13(16)12-4-5-14(18-2)15(8-12)19-3/h4-5,8,11,13H,6-7,9-10,16H2,1-3H3. The predicted molar refractivity (Wildman–Crippen MR) is 78.3 cm³/mol. The third-order valence-electron chi connectivity index (χ3n) is 3.62. The Hall–Kier alpha value is -1.30. The monoisotopic (exact) mass is 280 g/mol. The van der Waals surface area contributed by atoms with E-state index in [0.29, 0.717) is 0 Å². The molecule has 2 unspecified atom stereocenters. The molecule has 112 valence electrons. The van der Waals surface area contributed by atoms with Gasteiger partial charge in [-0.3, -0.25) is 4.90 Å². The molecular weight excluding hydrogens is 256 g/mol. The van der Waals surface area contributed by atoms with Crippen molar-refractivity contribution in [2.24, 2.45) is 5.73 Å². The van der Waals surface area contributed by atoms with Gasteiger partial charge in [-0.15, -0.1) is 0 Å². The molecule has 1 aliphatic heterocycles. The van der Waals surface area contributed by atoms with Crippen molar-refractivity contribution in [1.82, 2.24) is 4.90 Å². The molecule has 1 heterocycles. The van der Waals surface area contributed by atoms with Gasteiger partial charge in [0.2, 0.25) is 0 Å². The molecule has 0 saturated carbocycles. The lowest BCUT2D eigenvalue weighted by atomic mass is 10.1. The Morgan fingerprint density at radius 1 is 1.35 bits per heavy atom. The smallest absolute Gasteiger partial charge is 0.161 e. The molecule has 1 aliphatic rings. The summed E-state index contributed by atoms with van der Waals surface area (Å²) in [5, 5.41) is 0. The zero-order valence-electron chi connectivity index (χ0n) is 12.5. The molecule has 5 heteroatoms. The van der Waals surface area contributed by atoms with Crippen molar-refractivity contribution in [3.05, 3.63) is 23.8 Å². The van der Waals surface area contributed by atoms with E-state index in [2.05, 4.69) is 11.8 Å². The van der Waals surface area contributed by atoms with Gasteiger partial charge in [-0.25, -0.2) is 0 Å². The van der Waals surface area contributed by atoms with Crippen molar-refractivity contribution in [2.45, 2.75) is 19.1 Å². The van der Waals surface area contributed by atoms with Crippen LogP contribution in [0.15, 0.2) is 18.2 Å². The van der Waals surface area contributed by atoms with Crippen LogP contribution >= 0.6 is 0 Å². The maximum absolute atomic E-state index is 6.31. The molecular formula is C15H24N2O3. The van der Waals surface area contributed by atoms with Crippen LogP contribution < -0.4 is 15.2 Å². The van der Waals surface area contributed by atoms with Gasteiger partial charge >= 0.3 is 0 Å². The maximum Gasteiger partial charge on any atom is 0.161 e. The van der Waals surface area contributed by atoms with Crippen molar-refractivity contribution < 1.29 is 14.2 Å². The molecule has 0 amide bonds. The Balaban J connectivity index is 2.03. The van der Waals surface area contributed by atoms with E-state index in [1.165, 1.54) is 0 Å². The summed E-state index contributed by atoms with van der Waals surface area (Å²) in [6.07, 6.45) is 0.279. The first kappa shape index (κ1) is 15.1. The van der Waals surface area contributed by atoms with Gasteiger partial charge in [0.05, 0.1) is 26.9 Å². The van der Waals surface area contributed by atoms with Gasteiger partial charge in [0.1, 0.15) is 0 Å². The number of rotatable bonds is 5. The highest BCUT2D eigenvalue weighted by atomic mass is 16.5. The largest absolute Gasteiger partial charge is 0.493 e. The summed E-state index contributed by atoms with van der Waals surface area (Å²) in [6, 6.07) is 5.80. The SMILES string of the molecule is COc1ccc(C(N)CN2CCOC(C)C2)cc1OC. The van der Waals surface area contributed by atoms with Gasteiger partial charge < -0.3 is 19.9 Å². The Bertz CT molecular complexity index is 439. The highest BCUT2D eigenvalue weighted by molar-refractivity contribution is 5.43. The maximum atomic E-state index is 6.31. The number of ether oxygens (including phenoxy) is 3. The molecule has 1 saturated heterocycles. The number of nitrogens with two attached hydrogens (primary N) is 1. The molecule has 1 aromatic carbocycles. The van der Waals surface area contributed by atoms with E-state index < -0.39 is 0 Å². The number of morpholine rings is 1. The summed E-state index contributed by atoms with van der Waals surface area (Å²) in [6.45, 7) is 5.56. The van der Waals surface area contributed by atoms with Crippen molar-refractivity contribution in [2.75, 3.05) is 40.5 Å². The summed E-state index contributed by atoms with van der Waals surface area (Å²) in [4.78, 5) is 2.34. The van der Waals surface area contributed by atoms with Gasteiger partial charge in [-0.05, 0) is 24.6 Å². The fraction of sp³-hybridized carbons (Fsp3) is 0.600. The lowest BCUT2D eigenvalue weighted by Crippen LogP contribution is -2.44. The quantitative estimate of drug-likeness (QED) is 0.884. The molecule has 0 aliphatic carbocycles. The summed E-state index contributed by atoms with van der Waals surface area (Å²) >= 11 is 0. The van der Waals surface area contributed by atoms with E-state index in [9.17, 15) is 0 Å². The van der Waals surface area contributed by atoms with Crippen molar-refractivity contribution in [3.63, 3.8) is 0 Å². The zero-order valence-corrected chi connectivity index (χ0v) is 12.5. The Morgan fingerprint density at radius 3 is 2.75 bits per heavy atom. The van der Waals surface area contributed by atoms with Crippen molar-refractivity contribution in [1.29, 1.82) is 0 Å². The first-order valence-corrected chi connectivity index (χ1v) is 6.95. The number of methoxy groups -OCH3 is 2. The number of hydrogen-bond acceptors (Lipinski definition) is 5. The summed E-state index contributed by atoms with van der Waals surface area (Å²) in [5.74, 6) is 1.44. The minimum Gasteiger partial charge on any atom is -0.493 e. The molecule has 0 aromatic heterocycles. The van der Waals surface area contributed by atoms with E-state index in [-0.39, 0.29) is 12.1 Å². The first-order chi connectivity index (χ1) is 9.63. The average Bonchev–Trinajstić information content (AvgIpc) is 2.46. The number of hydrogen-bond donors (Lipinski definition) is 1. The first-order valence-electron chi connectivity index (χ1n) is 6.95. The predicted octanol–water partition coefficient (Wildman–Crippen LogP) is 1.42. The third kappa shape index (κ3) is 3.62. The summed E-state index contributed by atoms with van der Waals surface area (Å²) in [5.41, 5.74) is 7.36. The molecule has 5 nitrogen and oxygen atoms in total. The number of benzene rings is 1. The molecule has 1 fully saturated rings. The van der Waals surface area contributed by atoms with Gasteiger partial charge in [0.25, 0.3) is 0 Å². The molecule has 20 heavy (non-hydrogen) atoms. The van der Waals surface area contributed by atoms with Crippen LogP contribution in [0.4, 0.5) is 0 Å². The normalized spacial score (nSPS) is 21.5. The van der Waals surface area contributed by atoms with E-state index in [1.807, 2.05) is 18.2 Å². The van der Waals surface area contributed by atoms with Crippen molar-refractivity contribution in [3.8, 4) is 11.5 Å². The Morgan fingerprint density at radius 2 is 2.10 bits per heavy atom. The number of nitrogens with zero attached hydrogens (tertiary/aromatic N) is 1. The van der Waals surface area contributed by atoms with Crippen LogP contribution in [0.5, 0.6) is 11.5 Å². The second-order valence-corrected chi connectivity index (χ2v) is 5.16. The second kappa shape index (κ2) is 6.92. The molecule has 0 spiro atoms. The second-order valence-electron chi connectivity index (χ2n) is 5.16.